The van der Waals surface area contributed by atoms with Crippen molar-refractivity contribution in [3.05, 3.63) is 65.4 Å². The molecule has 0 fully saturated rings. The van der Waals surface area contributed by atoms with E-state index >= 15 is 0 Å². The monoisotopic (exact) mass is 383 g/mol. The van der Waals surface area contributed by atoms with Crippen LogP contribution >= 0.6 is 11.6 Å². The van der Waals surface area contributed by atoms with E-state index in [0.29, 0.717) is 35.4 Å². The Hall–Kier alpha value is -2.99. The Morgan fingerprint density at radius 2 is 1.89 bits per heavy atom. The van der Waals surface area contributed by atoms with Crippen molar-refractivity contribution in [1.82, 2.24) is 9.78 Å². The van der Waals surface area contributed by atoms with Crippen LogP contribution in [-0.2, 0) is 11.2 Å². The molecular formula is C20H18ClN3O3. The van der Waals surface area contributed by atoms with E-state index in [1.54, 1.807) is 23.0 Å². The van der Waals surface area contributed by atoms with Gasteiger partial charge in [-0.15, -0.1) is 0 Å². The molecule has 2 heterocycles. The second-order valence-electron chi connectivity index (χ2n) is 6.17. The van der Waals surface area contributed by atoms with Gasteiger partial charge < -0.3 is 14.8 Å². The Labute approximate surface area is 161 Å². The molecule has 0 radical (unpaired) electrons. The highest BCUT2D eigenvalue weighted by molar-refractivity contribution is 6.34. The van der Waals surface area contributed by atoms with Gasteiger partial charge in [0.25, 0.3) is 0 Å². The normalized spacial score (nSPS) is 13.1. The van der Waals surface area contributed by atoms with Gasteiger partial charge in [0.15, 0.2) is 11.5 Å². The Morgan fingerprint density at radius 1 is 1.15 bits per heavy atom. The molecule has 0 aliphatic carbocycles. The van der Waals surface area contributed by atoms with E-state index in [9.17, 15) is 4.79 Å². The number of amides is 1. The van der Waals surface area contributed by atoms with Gasteiger partial charge in [0, 0.05) is 30.9 Å². The van der Waals surface area contributed by atoms with Gasteiger partial charge in [-0.1, -0.05) is 23.7 Å². The van der Waals surface area contributed by atoms with Gasteiger partial charge >= 0.3 is 0 Å². The second kappa shape index (κ2) is 7.72. The maximum absolute atomic E-state index is 12.4. The first-order chi connectivity index (χ1) is 13.2. The average Bonchev–Trinajstić information content (AvgIpc) is 3.10. The number of ether oxygens (including phenoxy) is 2. The predicted molar refractivity (Wildman–Crippen MR) is 103 cm³/mol. The molecular weight excluding hydrogens is 366 g/mol. The minimum atomic E-state index is -0.154. The van der Waals surface area contributed by atoms with E-state index in [1.807, 2.05) is 36.5 Å². The van der Waals surface area contributed by atoms with E-state index in [-0.39, 0.29) is 12.3 Å². The topological polar surface area (TPSA) is 65.4 Å². The van der Waals surface area contributed by atoms with Crippen LogP contribution in [0.3, 0.4) is 0 Å². The predicted octanol–water partition coefficient (Wildman–Crippen LogP) is 3.87. The first-order valence-corrected chi connectivity index (χ1v) is 9.05. The lowest BCUT2D eigenvalue weighted by molar-refractivity contribution is -0.115. The summed E-state index contributed by atoms with van der Waals surface area (Å²) >= 11 is 6.28. The SMILES string of the molecule is O=C(Cc1ccc(-n2cccn2)cc1)Nc1cc2c(cc1Cl)OCCCO2. The Balaban J connectivity index is 1.44. The smallest absolute Gasteiger partial charge is 0.228 e. The highest BCUT2D eigenvalue weighted by atomic mass is 35.5. The molecule has 0 bridgehead atoms. The molecule has 0 unspecified atom stereocenters. The third kappa shape index (κ3) is 4.06. The quantitative estimate of drug-likeness (QED) is 0.742. The van der Waals surface area contributed by atoms with Gasteiger partial charge in [-0.2, -0.15) is 5.10 Å². The summed E-state index contributed by atoms with van der Waals surface area (Å²) < 4.78 is 13.0. The van der Waals surface area contributed by atoms with E-state index < -0.39 is 0 Å². The summed E-state index contributed by atoms with van der Waals surface area (Å²) in [6.07, 6.45) is 4.64. The first-order valence-electron chi connectivity index (χ1n) is 8.67. The van der Waals surface area contributed by atoms with Gasteiger partial charge in [-0.3, -0.25) is 4.79 Å². The van der Waals surface area contributed by atoms with Crippen molar-refractivity contribution >= 4 is 23.2 Å². The fourth-order valence-electron chi connectivity index (χ4n) is 2.85. The molecule has 2 aromatic carbocycles. The summed E-state index contributed by atoms with van der Waals surface area (Å²) in [5.74, 6) is 1.04. The number of benzene rings is 2. The van der Waals surface area contributed by atoms with Crippen LogP contribution < -0.4 is 14.8 Å². The zero-order valence-electron chi connectivity index (χ0n) is 14.5. The molecule has 1 aliphatic rings. The standard InChI is InChI=1S/C20H18ClN3O3/c21-16-12-18-19(27-10-2-9-26-18)13-17(16)23-20(25)11-14-3-5-15(6-4-14)24-8-1-7-22-24/h1,3-8,12-13H,2,9-11H2,(H,23,25). The van der Waals surface area contributed by atoms with Gasteiger partial charge in [0.05, 0.1) is 36.0 Å². The van der Waals surface area contributed by atoms with Crippen molar-refractivity contribution in [1.29, 1.82) is 0 Å². The zero-order chi connectivity index (χ0) is 18.6. The molecule has 0 atom stereocenters. The Kier molecular flexibility index (Phi) is 4.98. The molecule has 7 heteroatoms. The van der Waals surface area contributed by atoms with Crippen molar-refractivity contribution in [2.45, 2.75) is 12.8 Å². The minimum absolute atomic E-state index is 0.154. The highest BCUT2D eigenvalue weighted by Gasteiger charge is 2.15. The molecule has 0 saturated heterocycles. The van der Waals surface area contributed by atoms with Crippen molar-refractivity contribution in [3.8, 4) is 17.2 Å². The van der Waals surface area contributed by atoms with E-state index in [4.69, 9.17) is 21.1 Å². The molecule has 0 spiro atoms. The van der Waals surface area contributed by atoms with Crippen LogP contribution in [0.25, 0.3) is 5.69 Å². The molecule has 1 N–H and O–H groups in total. The lowest BCUT2D eigenvalue weighted by atomic mass is 10.1. The Bertz CT molecular complexity index is 940. The molecule has 138 valence electrons. The molecule has 0 saturated carbocycles. The summed E-state index contributed by atoms with van der Waals surface area (Å²) in [6, 6.07) is 12.9. The number of rotatable bonds is 4. The molecule has 3 aromatic rings. The lowest BCUT2D eigenvalue weighted by Crippen LogP contribution is -2.15. The van der Waals surface area contributed by atoms with Crippen LogP contribution in [0.1, 0.15) is 12.0 Å². The van der Waals surface area contributed by atoms with Crippen molar-refractivity contribution in [3.63, 3.8) is 0 Å². The first kappa shape index (κ1) is 17.4. The van der Waals surface area contributed by atoms with Gasteiger partial charge in [-0.05, 0) is 23.8 Å². The van der Waals surface area contributed by atoms with Crippen molar-refractivity contribution < 1.29 is 14.3 Å². The van der Waals surface area contributed by atoms with Crippen molar-refractivity contribution in [2.75, 3.05) is 18.5 Å². The number of aromatic nitrogens is 2. The van der Waals surface area contributed by atoms with Gasteiger partial charge in [0.1, 0.15) is 0 Å². The van der Waals surface area contributed by atoms with Gasteiger partial charge in [0.2, 0.25) is 5.91 Å². The largest absolute Gasteiger partial charge is 0.490 e. The number of halogens is 1. The third-order valence-electron chi connectivity index (χ3n) is 4.18. The second-order valence-corrected chi connectivity index (χ2v) is 6.58. The van der Waals surface area contributed by atoms with Crippen LogP contribution in [0.4, 0.5) is 5.69 Å². The summed E-state index contributed by atoms with van der Waals surface area (Å²) in [4.78, 5) is 12.4. The fourth-order valence-corrected chi connectivity index (χ4v) is 3.05. The number of fused-ring (bicyclic) bond motifs is 1. The zero-order valence-corrected chi connectivity index (χ0v) is 15.3. The van der Waals surface area contributed by atoms with E-state index in [0.717, 1.165) is 17.7 Å². The minimum Gasteiger partial charge on any atom is -0.490 e. The number of carbonyl (C=O) groups is 1. The highest BCUT2D eigenvalue weighted by Crippen LogP contribution is 2.37. The van der Waals surface area contributed by atoms with E-state index in [1.165, 1.54) is 0 Å². The summed E-state index contributed by atoms with van der Waals surface area (Å²) in [5.41, 5.74) is 2.35. The third-order valence-corrected chi connectivity index (χ3v) is 4.49. The van der Waals surface area contributed by atoms with Crippen LogP contribution in [0, 0.1) is 0 Å². The van der Waals surface area contributed by atoms with Crippen LogP contribution in [-0.4, -0.2) is 28.9 Å². The number of hydrogen-bond acceptors (Lipinski definition) is 4. The van der Waals surface area contributed by atoms with E-state index in [2.05, 4.69) is 10.4 Å². The van der Waals surface area contributed by atoms with Crippen molar-refractivity contribution in [2.24, 2.45) is 0 Å². The molecule has 1 amide bonds. The fraction of sp³-hybridized carbons (Fsp3) is 0.200. The molecule has 1 aliphatic heterocycles. The number of nitrogens with zero attached hydrogens (tertiary/aromatic N) is 2. The number of anilines is 1. The summed E-state index contributed by atoms with van der Waals surface area (Å²) in [5, 5.41) is 7.45. The summed E-state index contributed by atoms with van der Waals surface area (Å²) in [7, 11) is 0. The Morgan fingerprint density at radius 3 is 2.59 bits per heavy atom. The molecule has 6 nitrogen and oxygen atoms in total. The van der Waals surface area contributed by atoms with Crippen LogP contribution in [0.2, 0.25) is 5.02 Å². The molecule has 27 heavy (non-hydrogen) atoms. The maximum atomic E-state index is 12.4. The lowest BCUT2D eigenvalue weighted by Gasteiger charge is -2.12. The number of nitrogens with one attached hydrogen (secondary N) is 1. The number of hydrogen-bond donors (Lipinski definition) is 1. The van der Waals surface area contributed by atoms with Crippen LogP contribution in [0.15, 0.2) is 54.9 Å². The molecule has 1 aromatic heterocycles. The van der Waals surface area contributed by atoms with Gasteiger partial charge in [-0.25, -0.2) is 4.68 Å². The average molecular weight is 384 g/mol. The maximum Gasteiger partial charge on any atom is 0.228 e. The van der Waals surface area contributed by atoms with Crippen LogP contribution in [0.5, 0.6) is 11.5 Å². The summed E-state index contributed by atoms with van der Waals surface area (Å²) in [6.45, 7) is 1.16. The number of carbonyl (C=O) groups excluding carboxylic acids is 1. The molecule has 4 rings (SSSR count).